The van der Waals surface area contributed by atoms with Crippen LogP contribution >= 0.6 is 11.3 Å². The second kappa shape index (κ2) is 5.60. The minimum Gasteiger partial charge on any atom is -0.310 e. The van der Waals surface area contributed by atoms with Gasteiger partial charge in [-0.2, -0.15) is 0 Å². The zero-order valence-electron chi connectivity index (χ0n) is 10.0. The first kappa shape index (κ1) is 12.5. The van der Waals surface area contributed by atoms with E-state index >= 15 is 0 Å². The average Bonchev–Trinajstić information content (AvgIpc) is 2.77. The van der Waals surface area contributed by atoms with Crippen molar-refractivity contribution in [2.45, 2.75) is 45.2 Å². The number of rotatable bonds is 4. The van der Waals surface area contributed by atoms with Crippen molar-refractivity contribution in [2.75, 3.05) is 0 Å². The molecule has 1 aliphatic rings. The summed E-state index contributed by atoms with van der Waals surface area (Å²) in [4.78, 5) is 10.2. The van der Waals surface area contributed by atoms with Gasteiger partial charge < -0.3 is 5.32 Å². The van der Waals surface area contributed by atoms with Crippen molar-refractivity contribution in [1.29, 1.82) is 0 Å². The fourth-order valence-corrected chi connectivity index (χ4v) is 3.01. The van der Waals surface area contributed by atoms with Crippen LogP contribution in [0.5, 0.6) is 0 Å². The molecule has 94 valence electrons. The number of nitrogens with zero attached hydrogens (tertiary/aromatic N) is 1. The molecule has 0 saturated heterocycles. The highest BCUT2D eigenvalue weighted by Gasteiger charge is 2.18. The molecule has 0 amide bonds. The topological polar surface area (TPSA) is 55.2 Å². The standard InChI is InChI=1S/C12H18N2O2S/c1-9-2-4-11(5-3-9)13-7-10-6-12(14(15)16)17-8-10/h6,8-9,11,13H,2-5,7H2,1H3. The molecule has 1 saturated carbocycles. The maximum Gasteiger partial charge on any atom is 0.324 e. The van der Waals surface area contributed by atoms with E-state index in [1.54, 1.807) is 6.07 Å². The van der Waals surface area contributed by atoms with Crippen LogP contribution in [0, 0.1) is 16.0 Å². The van der Waals surface area contributed by atoms with Crippen LogP contribution in [-0.2, 0) is 6.54 Å². The molecule has 0 aromatic carbocycles. The Hall–Kier alpha value is -0.940. The summed E-state index contributed by atoms with van der Waals surface area (Å²) >= 11 is 1.21. The third-order valence-corrected chi connectivity index (χ3v) is 4.36. The molecule has 0 aliphatic heterocycles. The van der Waals surface area contributed by atoms with E-state index in [0.29, 0.717) is 6.04 Å². The van der Waals surface area contributed by atoms with Gasteiger partial charge in [0.05, 0.1) is 4.92 Å². The maximum atomic E-state index is 10.6. The van der Waals surface area contributed by atoms with Gasteiger partial charge in [0.1, 0.15) is 0 Å². The molecule has 1 aromatic rings. The smallest absolute Gasteiger partial charge is 0.310 e. The molecule has 5 heteroatoms. The van der Waals surface area contributed by atoms with Gasteiger partial charge in [0.15, 0.2) is 0 Å². The summed E-state index contributed by atoms with van der Waals surface area (Å²) in [6.45, 7) is 3.06. The molecule has 2 rings (SSSR count). The highest BCUT2D eigenvalue weighted by atomic mass is 32.1. The van der Waals surface area contributed by atoms with Crippen molar-refractivity contribution in [3.8, 4) is 0 Å². The van der Waals surface area contributed by atoms with E-state index in [1.165, 1.54) is 37.0 Å². The molecular weight excluding hydrogens is 236 g/mol. The molecule has 4 nitrogen and oxygen atoms in total. The summed E-state index contributed by atoms with van der Waals surface area (Å²) in [5, 5.41) is 16.2. The quantitative estimate of drug-likeness (QED) is 0.662. The highest BCUT2D eigenvalue weighted by molar-refractivity contribution is 7.13. The Balaban J connectivity index is 1.79. The van der Waals surface area contributed by atoms with Gasteiger partial charge >= 0.3 is 5.00 Å². The largest absolute Gasteiger partial charge is 0.324 e. The lowest BCUT2D eigenvalue weighted by Crippen LogP contribution is -2.32. The van der Waals surface area contributed by atoms with E-state index in [9.17, 15) is 10.1 Å². The van der Waals surface area contributed by atoms with Crippen molar-refractivity contribution >= 4 is 16.3 Å². The van der Waals surface area contributed by atoms with Crippen LogP contribution in [0.1, 0.15) is 38.2 Å². The van der Waals surface area contributed by atoms with Crippen molar-refractivity contribution in [3.05, 3.63) is 27.1 Å². The Morgan fingerprint density at radius 3 is 2.76 bits per heavy atom. The van der Waals surface area contributed by atoms with E-state index < -0.39 is 0 Å². The van der Waals surface area contributed by atoms with Crippen LogP contribution in [-0.4, -0.2) is 11.0 Å². The predicted octanol–water partition coefficient (Wildman–Crippen LogP) is 3.32. The average molecular weight is 254 g/mol. The Bertz CT molecular complexity index is 384. The fourth-order valence-electron chi connectivity index (χ4n) is 2.28. The minimum absolute atomic E-state index is 0.235. The van der Waals surface area contributed by atoms with Crippen LogP contribution in [0.15, 0.2) is 11.4 Å². The lowest BCUT2D eigenvalue weighted by Gasteiger charge is -2.26. The molecule has 1 aliphatic carbocycles. The molecule has 1 aromatic heterocycles. The molecule has 0 bridgehead atoms. The van der Waals surface area contributed by atoms with Gasteiger partial charge in [-0.15, -0.1) is 0 Å². The van der Waals surface area contributed by atoms with Crippen LogP contribution in [0.25, 0.3) is 0 Å². The van der Waals surface area contributed by atoms with Crippen LogP contribution < -0.4 is 5.32 Å². The monoisotopic (exact) mass is 254 g/mol. The van der Waals surface area contributed by atoms with Crippen molar-refractivity contribution < 1.29 is 4.92 Å². The van der Waals surface area contributed by atoms with Crippen molar-refractivity contribution in [2.24, 2.45) is 5.92 Å². The summed E-state index contributed by atoms with van der Waals surface area (Å²) in [6, 6.07) is 2.26. The van der Waals surface area contributed by atoms with Gasteiger partial charge in [0.25, 0.3) is 0 Å². The first-order valence-electron chi connectivity index (χ1n) is 6.10. The lowest BCUT2D eigenvalue weighted by atomic mass is 9.87. The van der Waals surface area contributed by atoms with Crippen molar-refractivity contribution in [3.63, 3.8) is 0 Å². The molecule has 0 radical (unpaired) electrons. The Morgan fingerprint density at radius 2 is 2.18 bits per heavy atom. The second-order valence-electron chi connectivity index (χ2n) is 4.89. The zero-order chi connectivity index (χ0) is 12.3. The molecule has 1 heterocycles. The zero-order valence-corrected chi connectivity index (χ0v) is 10.8. The highest BCUT2D eigenvalue weighted by Crippen LogP contribution is 2.25. The molecule has 1 N–H and O–H groups in total. The van der Waals surface area contributed by atoms with Gasteiger partial charge in [-0.3, -0.25) is 10.1 Å². The SMILES string of the molecule is CC1CCC(NCc2csc([N+](=O)[O-])c2)CC1. The first-order valence-corrected chi connectivity index (χ1v) is 6.98. The summed E-state index contributed by atoms with van der Waals surface area (Å²) in [5.41, 5.74) is 1.03. The Kier molecular flexibility index (Phi) is 4.12. The van der Waals surface area contributed by atoms with Crippen LogP contribution in [0.3, 0.4) is 0 Å². The Labute approximate surface area is 105 Å². The molecule has 0 atom stereocenters. The van der Waals surface area contributed by atoms with Crippen LogP contribution in [0.2, 0.25) is 0 Å². The van der Waals surface area contributed by atoms with Gasteiger partial charge in [-0.05, 0) is 37.2 Å². The van der Waals surface area contributed by atoms with Gasteiger partial charge in [-0.1, -0.05) is 18.3 Å². The third-order valence-electron chi connectivity index (χ3n) is 3.43. The summed E-state index contributed by atoms with van der Waals surface area (Å²) in [7, 11) is 0. The van der Waals surface area contributed by atoms with E-state index in [4.69, 9.17) is 0 Å². The van der Waals surface area contributed by atoms with Gasteiger partial charge in [0.2, 0.25) is 0 Å². The third kappa shape index (κ3) is 3.51. The van der Waals surface area contributed by atoms with E-state index in [2.05, 4.69) is 12.2 Å². The maximum absolute atomic E-state index is 10.6. The molecule has 0 unspecified atom stereocenters. The normalized spacial score (nSPS) is 24.8. The Morgan fingerprint density at radius 1 is 1.47 bits per heavy atom. The molecular formula is C12H18N2O2S. The summed E-state index contributed by atoms with van der Waals surface area (Å²) in [5.74, 6) is 0.857. The lowest BCUT2D eigenvalue weighted by molar-refractivity contribution is -0.380. The summed E-state index contributed by atoms with van der Waals surface area (Å²) in [6.07, 6.45) is 5.05. The molecule has 1 fully saturated rings. The number of nitro groups is 1. The minimum atomic E-state index is -0.323. The second-order valence-corrected chi connectivity index (χ2v) is 5.78. The van der Waals surface area contributed by atoms with Gasteiger partial charge in [0, 0.05) is 24.0 Å². The van der Waals surface area contributed by atoms with Crippen molar-refractivity contribution in [1.82, 2.24) is 5.32 Å². The number of thiophene rings is 1. The fraction of sp³-hybridized carbons (Fsp3) is 0.667. The molecule has 17 heavy (non-hydrogen) atoms. The predicted molar refractivity (Wildman–Crippen MR) is 69.2 cm³/mol. The van der Waals surface area contributed by atoms with Gasteiger partial charge in [-0.25, -0.2) is 0 Å². The summed E-state index contributed by atoms with van der Waals surface area (Å²) < 4.78 is 0. The molecule has 0 spiro atoms. The van der Waals surface area contributed by atoms with E-state index in [-0.39, 0.29) is 9.92 Å². The van der Waals surface area contributed by atoms with E-state index in [1.807, 2.05) is 5.38 Å². The first-order chi connectivity index (χ1) is 8.15. The number of hydrogen-bond acceptors (Lipinski definition) is 4. The van der Waals surface area contributed by atoms with E-state index in [0.717, 1.165) is 18.0 Å². The number of nitrogens with one attached hydrogen (secondary N) is 1. The number of hydrogen-bond donors (Lipinski definition) is 1. The van der Waals surface area contributed by atoms with Crippen LogP contribution in [0.4, 0.5) is 5.00 Å².